The lowest BCUT2D eigenvalue weighted by molar-refractivity contribution is 0.233. The highest BCUT2D eigenvalue weighted by molar-refractivity contribution is 5.94. The van der Waals surface area contributed by atoms with E-state index >= 15 is 0 Å². The van der Waals surface area contributed by atoms with Crippen LogP contribution in [0.15, 0.2) is 53.4 Å². The molecule has 22 heavy (non-hydrogen) atoms. The molecule has 3 heterocycles. The molecule has 1 aliphatic rings. The maximum atomic E-state index is 5.56. The summed E-state index contributed by atoms with van der Waals surface area (Å²) in [6.07, 6.45) is 5.50. The van der Waals surface area contributed by atoms with Gasteiger partial charge in [0.05, 0.1) is 6.26 Å². The lowest BCUT2D eigenvalue weighted by Gasteiger charge is -2.27. The van der Waals surface area contributed by atoms with E-state index in [0.29, 0.717) is 0 Å². The third kappa shape index (κ3) is 2.63. The zero-order valence-electron chi connectivity index (χ0n) is 12.5. The van der Waals surface area contributed by atoms with Crippen molar-refractivity contribution in [2.24, 2.45) is 0 Å². The number of hydrogen-bond donors (Lipinski definition) is 1. The van der Waals surface area contributed by atoms with E-state index in [2.05, 4.69) is 33.4 Å². The second-order valence-electron chi connectivity index (χ2n) is 5.75. The van der Waals surface area contributed by atoms with Crippen molar-refractivity contribution in [1.82, 2.24) is 15.2 Å². The van der Waals surface area contributed by atoms with Crippen LogP contribution in [0.4, 0.5) is 0 Å². The number of aromatic nitrogens is 1. The number of piperazine rings is 1. The number of rotatable bonds is 3. The Kier molecular flexibility index (Phi) is 3.62. The van der Waals surface area contributed by atoms with Crippen LogP contribution >= 0.6 is 0 Å². The average Bonchev–Trinajstić information content (AvgIpc) is 3.09. The fourth-order valence-electron chi connectivity index (χ4n) is 3.06. The molecule has 0 bridgehead atoms. The molecule has 0 amide bonds. The molecular formula is C18H19N3O. The van der Waals surface area contributed by atoms with E-state index < -0.39 is 0 Å². The minimum Gasteiger partial charge on any atom is -0.464 e. The van der Waals surface area contributed by atoms with Gasteiger partial charge in [-0.15, -0.1) is 0 Å². The largest absolute Gasteiger partial charge is 0.464 e. The molecule has 2 aromatic heterocycles. The fourth-order valence-corrected chi connectivity index (χ4v) is 3.06. The summed E-state index contributed by atoms with van der Waals surface area (Å²) in [5.74, 6) is 0.873. The highest BCUT2D eigenvalue weighted by Crippen LogP contribution is 2.29. The van der Waals surface area contributed by atoms with Crippen molar-refractivity contribution < 1.29 is 4.42 Å². The van der Waals surface area contributed by atoms with Crippen LogP contribution in [0.25, 0.3) is 22.1 Å². The molecule has 0 saturated carbocycles. The molecule has 4 rings (SSSR count). The van der Waals surface area contributed by atoms with E-state index in [1.165, 1.54) is 10.9 Å². The first-order valence-electron chi connectivity index (χ1n) is 7.74. The van der Waals surface area contributed by atoms with Gasteiger partial charge in [-0.2, -0.15) is 0 Å². The van der Waals surface area contributed by atoms with E-state index in [1.807, 2.05) is 24.5 Å². The Labute approximate surface area is 129 Å². The number of fused-ring (bicyclic) bond motifs is 1. The van der Waals surface area contributed by atoms with E-state index in [0.717, 1.165) is 49.4 Å². The highest BCUT2D eigenvalue weighted by atomic mass is 16.3. The summed E-state index contributed by atoms with van der Waals surface area (Å²) in [7, 11) is 0. The lowest BCUT2D eigenvalue weighted by Crippen LogP contribution is -2.42. The summed E-state index contributed by atoms with van der Waals surface area (Å²) in [4.78, 5) is 6.83. The summed E-state index contributed by atoms with van der Waals surface area (Å²) < 4.78 is 5.56. The third-order valence-electron chi connectivity index (χ3n) is 4.23. The van der Waals surface area contributed by atoms with Crippen molar-refractivity contribution >= 4 is 10.8 Å². The summed E-state index contributed by atoms with van der Waals surface area (Å²) in [5.41, 5.74) is 2.40. The minimum atomic E-state index is 0.873. The molecule has 0 aliphatic carbocycles. The Morgan fingerprint density at radius 2 is 2.05 bits per heavy atom. The Bertz CT molecular complexity index is 761. The van der Waals surface area contributed by atoms with Crippen molar-refractivity contribution in [2.45, 2.75) is 6.54 Å². The number of nitrogens with zero attached hydrogens (tertiary/aromatic N) is 2. The van der Waals surface area contributed by atoms with Gasteiger partial charge in [0.2, 0.25) is 0 Å². The minimum absolute atomic E-state index is 0.873. The lowest BCUT2D eigenvalue weighted by atomic mass is 10.0. The van der Waals surface area contributed by atoms with Gasteiger partial charge in [-0.1, -0.05) is 12.1 Å². The predicted octanol–water partition coefficient (Wildman–Crippen LogP) is 2.90. The molecular weight excluding hydrogens is 274 g/mol. The molecule has 1 N–H and O–H groups in total. The molecule has 0 radical (unpaired) electrons. The third-order valence-corrected chi connectivity index (χ3v) is 4.23. The van der Waals surface area contributed by atoms with E-state index in [9.17, 15) is 0 Å². The van der Waals surface area contributed by atoms with Crippen molar-refractivity contribution in [3.05, 3.63) is 54.6 Å². The van der Waals surface area contributed by atoms with Crippen LogP contribution in [-0.2, 0) is 6.54 Å². The predicted molar refractivity (Wildman–Crippen MR) is 87.6 cm³/mol. The molecule has 0 unspecified atom stereocenters. The van der Waals surface area contributed by atoms with E-state index in [1.54, 1.807) is 6.26 Å². The highest BCUT2D eigenvalue weighted by Gasteiger charge is 2.12. The monoisotopic (exact) mass is 293 g/mol. The molecule has 1 aromatic carbocycles. The summed E-state index contributed by atoms with van der Waals surface area (Å²) in [5, 5.41) is 5.75. The number of furan rings is 1. The molecule has 1 aliphatic heterocycles. The van der Waals surface area contributed by atoms with Crippen LogP contribution in [0.5, 0.6) is 0 Å². The normalized spacial score (nSPS) is 16.2. The zero-order valence-corrected chi connectivity index (χ0v) is 12.5. The number of nitrogens with one attached hydrogen (secondary N) is 1. The molecule has 0 spiro atoms. The molecule has 0 atom stereocenters. The van der Waals surface area contributed by atoms with Crippen molar-refractivity contribution in [3.8, 4) is 11.3 Å². The quantitative estimate of drug-likeness (QED) is 0.806. The van der Waals surface area contributed by atoms with Crippen LogP contribution < -0.4 is 5.32 Å². The Balaban J connectivity index is 1.71. The Morgan fingerprint density at radius 1 is 1.14 bits per heavy atom. The standard InChI is InChI=1S/C18H19N3O/c1-2-18(22-9-1)17-12-20-11-15-4-3-14(10-16(15)17)13-21-7-5-19-6-8-21/h1-4,9-12,19H,5-8,13H2. The molecule has 1 fully saturated rings. The van der Waals surface area contributed by atoms with Crippen LogP contribution in [-0.4, -0.2) is 36.1 Å². The van der Waals surface area contributed by atoms with Gasteiger partial charge in [0, 0.05) is 56.1 Å². The number of pyridine rings is 1. The zero-order chi connectivity index (χ0) is 14.8. The van der Waals surface area contributed by atoms with E-state index in [4.69, 9.17) is 4.42 Å². The number of benzene rings is 1. The summed E-state index contributed by atoms with van der Waals surface area (Å²) >= 11 is 0. The van der Waals surface area contributed by atoms with Crippen LogP contribution in [0.1, 0.15) is 5.56 Å². The first kappa shape index (κ1) is 13.5. The Hall–Kier alpha value is -2.17. The van der Waals surface area contributed by atoms with Gasteiger partial charge < -0.3 is 9.73 Å². The first-order chi connectivity index (χ1) is 10.9. The van der Waals surface area contributed by atoms with Crippen molar-refractivity contribution in [1.29, 1.82) is 0 Å². The van der Waals surface area contributed by atoms with Gasteiger partial charge in [0.25, 0.3) is 0 Å². The molecule has 4 heteroatoms. The number of hydrogen-bond acceptors (Lipinski definition) is 4. The first-order valence-corrected chi connectivity index (χ1v) is 7.74. The van der Waals surface area contributed by atoms with Crippen molar-refractivity contribution in [2.75, 3.05) is 26.2 Å². The van der Waals surface area contributed by atoms with Gasteiger partial charge in [-0.25, -0.2) is 0 Å². The summed E-state index contributed by atoms with van der Waals surface area (Å²) in [6, 6.07) is 10.5. The fraction of sp³-hybridized carbons (Fsp3) is 0.278. The van der Waals surface area contributed by atoms with Gasteiger partial charge in [0.15, 0.2) is 0 Å². The second kappa shape index (κ2) is 5.91. The second-order valence-corrected chi connectivity index (χ2v) is 5.75. The van der Waals surface area contributed by atoms with Gasteiger partial charge in [-0.05, 0) is 29.1 Å². The Morgan fingerprint density at radius 3 is 2.86 bits per heavy atom. The van der Waals surface area contributed by atoms with Crippen LogP contribution in [0.2, 0.25) is 0 Å². The van der Waals surface area contributed by atoms with Crippen LogP contribution in [0.3, 0.4) is 0 Å². The summed E-state index contributed by atoms with van der Waals surface area (Å²) in [6.45, 7) is 5.38. The van der Waals surface area contributed by atoms with Gasteiger partial charge in [-0.3, -0.25) is 9.88 Å². The van der Waals surface area contributed by atoms with Gasteiger partial charge >= 0.3 is 0 Å². The maximum Gasteiger partial charge on any atom is 0.136 e. The molecule has 4 nitrogen and oxygen atoms in total. The molecule has 112 valence electrons. The topological polar surface area (TPSA) is 41.3 Å². The molecule has 3 aromatic rings. The van der Waals surface area contributed by atoms with Gasteiger partial charge in [0.1, 0.15) is 5.76 Å². The van der Waals surface area contributed by atoms with Crippen molar-refractivity contribution in [3.63, 3.8) is 0 Å². The van der Waals surface area contributed by atoms with Crippen LogP contribution in [0, 0.1) is 0 Å². The average molecular weight is 293 g/mol. The van der Waals surface area contributed by atoms with E-state index in [-0.39, 0.29) is 0 Å². The smallest absolute Gasteiger partial charge is 0.136 e. The maximum absolute atomic E-state index is 5.56. The SMILES string of the molecule is c1coc(-c2cncc3ccc(CN4CCNCC4)cc23)c1. The molecule has 1 saturated heterocycles.